The van der Waals surface area contributed by atoms with Crippen molar-refractivity contribution in [2.75, 3.05) is 18.5 Å². The molecule has 4 rings (SSSR count). The van der Waals surface area contributed by atoms with Crippen LogP contribution in [0, 0.1) is 5.92 Å². The maximum absolute atomic E-state index is 6.12. The number of rotatable bonds is 5. The predicted octanol–water partition coefficient (Wildman–Crippen LogP) is 3.37. The summed E-state index contributed by atoms with van der Waals surface area (Å²) in [6.07, 6.45) is 6.12. The van der Waals surface area contributed by atoms with Crippen molar-refractivity contribution in [1.29, 1.82) is 0 Å². The third-order valence-electron chi connectivity index (χ3n) is 5.08. The smallest absolute Gasteiger partial charge is 0.104 e. The van der Waals surface area contributed by atoms with Gasteiger partial charge in [0.15, 0.2) is 0 Å². The molecule has 0 bridgehead atoms. The van der Waals surface area contributed by atoms with Crippen LogP contribution in [-0.2, 0) is 18.3 Å². The molecular weight excluding hydrogens is 314 g/mol. The Labute approximate surface area is 147 Å². The lowest BCUT2D eigenvalue weighted by Crippen LogP contribution is -2.30. The molecule has 2 atom stereocenters. The minimum atomic E-state index is 0.113. The SMILES string of the molecule is CCn1nccc1[C@@H]1OCCC[C@H]1CNc1ccc2c(c1)ncn2C. The molecule has 0 saturated carbocycles. The molecule has 3 aromatic rings. The summed E-state index contributed by atoms with van der Waals surface area (Å²) in [5.41, 5.74) is 4.47. The average Bonchev–Trinajstić information content (AvgIpc) is 3.27. The highest BCUT2D eigenvalue weighted by Crippen LogP contribution is 2.34. The number of aromatic nitrogens is 4. The molecule has 2 aromatic heterocycles. The molecule has 0 aliphatic carbocycles. The van der Waals surface area contributed by atoms with Crippen molar-refractivity contribution in [3.05, 3.63) is 42.5 Å². The van der Waals surface area contributed by atoms with E-state index in [0.717, 1.165) is 42.8 Å². The molecule has 1 aliphatic heterocycles. The van der Waals surface area contributed by atoms with Gasteiger partial charge in [-0.05, 0) is 44.0 Å². The van der Waals surface area contributed by atoms with Crippen LogP contribution in [0.15, 0.2) is 36.8 Å². The summed E-state index contributed by atoms with van der Waals surface area (Å²) >= 11 is 0. The number of ether oxygens (including phenoxy) is 1. The van der Waals surface area contributed by atoms with E-state index in [4.69, 9.17) is 4.74 Å². The molecular formula is C19H25N5O. The largest absolute Gasteiger partial charge is 0.385 e. The number of anilines is 1. The van der Waals surface area contributed by atoms with Crippen molar-refractivity contribution in [3.8, 4) is 0 Å². The van der Waals surface area contributed by atoms with Crippen LogP contribution in [0.4, 0.5) is 5.69 Å². The molecule has 6 nitrogen and oxygen atoms in total. The van der Waals surface area contributed by atoms with E-state index in [9.17, 15) is 0 Å². The first kappa shape index (κ1) is 16.1. The van der Waals surface area contributed by atoms with Crippen molar-refractivity contribution in [2.45, 2.75) is 32.4 Å². The van der Waals surface area contributed by atoms with Crippen molar-refractivity contribution >= 4 is 16.7 Å². The summed E-state index contributed by atoms with van der Waals surface area (Å²) in [6, 6.07) is 8.45. The normalized spacial score (nSPS) is 20.9. The number of nitrogens with zero attached hydrogens (tertiary/aromatic N) is 4. The van der Waals surface area contributed by atoms with Gasteiger partial charge < -0.3 is 14.6 Å². The average molecular weight is 339 g/mol. The van der Waals surface area contributed by atoms with E-state index in [1.54, 1.807) is 0 Å². The molecule has 0 spiro atoms. The van der Waals surface area contributed by atoms with E-state index in [1.165, 1.54) is 12.1 Å². The first-order valence-electron chi connectivity index (χ1n) is 9.04. The highest BCUT2D eigenvalue weighted by atomic mass is 16.5. The molecule has 1 aliphatic rings. The van der Waals surface area contributed by atoms with E-state index >= 15 is 0 Å². The van der Waals surface area contributed by atoms with Crippen LogP contribution in [0.5, 0.6) is 0 Å². The van der Waals surface area contributed by atoms with E-state index in [-0.39, 0.29) is 6.10 Å². The quantitative estimate of drug-likeness (QED) is 0.774. The number of hydrogen-bond donors (Lipinski definition) is 1. The molecule has 1 fully saturated rings. The van der Waals surface area contributed by atoms with Gasteiger partial charge in [-0.2, -0.15) is 5.10 Å². The minimum absolute atomic E-state index is 0.113. The van der Waals surface area contributed by atoms with Gasteiger partial charge in [0.05, 0.1) is 23.1 Å². The number of nitrogens with one attached hydrogen (secondary N) is 1. The Morgan fingerprint density at radius 1 is 1.32 bits per heavy atom. The van der Waals surface area contributed by atoms with E-state index in [2.05, 4.69) is 46.6 Å². The Hall–Kier alpha value is -2.34. The number of imidazole rings is 1. The van der Waals surface area contributed by atoms with Gasteiger partial charge in [-0.3, -0.25) is 4.68 Å². The third kappa shape index (κ3) is 3.14. The second kappa shape index (κ2) is 6.88. The maximum atomic E-state index is 6.12. The summed E-state index contributed by atoms with van der Waals surface area (Å²) < 4.78 is 10.2. The molecule has 1 saturated heterocycles. The molecule has 132 valence electrons. The molecule has 3 heterocycles. The van der Waals surface area contributed by atoms with Crippen molar-refractivity contribution in [3.63, 3.8) is 0 Å². The Bertz CT molecular complexity index is 852. The fourth-order valence-electron chi connectivity index (χ4n) is 3.72. The van der Waals surface area contributed by atoms with Crippen LogP contribution in [0.3, 0.4) is 0 Å². The molecule has 25 heavy (non-hydrogen) atoms. The minimum Gasteiger partial charge on any atom is -0.385 e. The van der Waals surface area contributed by atoms with Gasteiger partial charge in [-0.15, -0.1) is 0 Å². The van der Waals surface area contributed by atoms with Crippen LogP contribution in [0.1, 0.15) is 31.6 Å². The van der Waals surface area contributed by atoms with Gasteiger partial charge >= 0.3 is 0 Å². The van der Waals surface area contributed by atoms with Gasteiger partial charge in [-0.1, -0.05) is 0 Å². The summed E-state index contributed by atoms with van der Waals surface area (Å²) in [5.74, 6) is 0.440. The number of aryl methyl sites for hydroxylation is 2. The zero-order chi connectivity index (χ0) is 17.2. The van der Waals surface area contributed by atoms with Crippen LogP contribution < -0.4 is 5.32 Å². The lowest BCUT2D eigenvalue weighted by Gasteiger charge is -2.32. The van der Waals surface area contributed by atoms with Gasteiger partial charge in [0.1, 0.15) is 6.10 Å². The molecule has 1 N–H and O–H groups in total. The Morgan fingerprint density at radius 3 is 3.12 bits per heavy atom. The summed E-state index contributed by atoms with van der Waals surface area (Å²) in [4.78, 5) is 4.44. The number of benzene rings is 1. The Balaban J connectivity index is 1.49. The zero-order valence-corrected chi connectivity index (χ0v) is 14.9. The van der Waals surface area contributed by atoms with E-state index in [0.29, 0.717) is 5.92 Å². The number of fused-ring (bicyclic) bond motifs is 1. The first-order valence-corrected chi connectivity index (χ1v) is 9.04. The number of hydrogen-bond acceptors (Lipinski definition) is 4. The van der Waals surface area contributed by atoms with Crippen LogP contribution in [0.2, 0.25) is 0 Å². The molecule has 6 heteroatoms. The first-order chi connectivity index (χ1) is 12.3. The molecule has 0 unspecified atom stereocenters. The topological polar surface area (TPSA) is 56.9 Å². The third-order valence-corrected chi connectivity index (χ3v) is 5.08. The van der Waals surface area contributed by atoms with Gasteiger partial charge in [0.2, 0.25) is 0 Å². The molecule has 0 amide bonds. The molecule has 0 radical (unpaired) electrons. The Morgan fingerprint density at radius 2 is 2.24 bits per heavy atom. The predicted molar refractivity (Wildman–Crippen MR) is 98.5 cm³/mol. The lowest BCUT2D eigenvalue weighted by atomic mass is 9.92. The Kier molecular flexibility index (Phi) is 4.44. The van der Waals surface area contributed by atoms with Gasteiger partial charge in [-0.25, -0.2) is 4.98 Å². The van der Waals surface area contributed by atoms with Crippen LogP contribution in [0.25, 0.3) is 11.0 Å². The second-order valence-corrected chi connectivity index (χ2v) is 6.71. The summed E-state index contributed by atoms with van der Waals surface area (Å²) in [6.45, 7) is 4.71. The monoisotopic (exact) mass is 339 g/mol. The molecule has 1 aromatic carbocycles. The lowest BCUT2D eigenvalue weighted by molar-refractivity contribution is -0.0288. The standard InChI is InChI=1S/C19H25N5O/c1-3-24-18(8-9-22-24)19-14(5-4-10-25-19)12-20-15-6-7-17-16(11-15)21-13-23(17)2/h6-9,11,13-14,19-20H,3-5,10,12H2,1-2H3/t14-,19+/m0/s1. The summed E-state index contributed by atoms with van der Waals surface area (Å²) in [5, 5.41) is 7.99. The van der Waals surface area contributed by atoms with E-state index < -0.39 is 0 Å². The summed E-state index contributed by atoms with van der Waals surface area (Å²) in [7, 11) is 2.02. The fraction of sp³-hybridized carbons (Fsp3) is 0.474. The highest BCUT2D eigenvalue weighted by Gasteiger charge is 2.29. The van der Waals surface area contributed by atoms with Gasteiger partial charge in [0.25, 0.3) is 0 Å². The van der Waals surface area contributed by atoms with Crippen LogP contribution in [-0.4, -0.2) is 32.5 Å². The maximum Gasteiger partial charge on any atom is 0.104 e. The van der Waals surface area contributed by atoms with Gasteiger partial charge in [0, 0.05) is 44.5 Å². The fourth-order valence-corrected chi connectivity index (χ4v) is 3.72. The van der Waals surface area contributed by atoms with Crippen molar-refractivity contribution < 1.29 is 4.74 Å². The highest BCUT2D eigenvalue weighted by molar-refractivity contribution is 5.79. The zero-order valence-electron chi connectivity index (χ0n) is 14.9. The van der Waals surface area contributed by atoms with Crippen molar-refractivity contribution in [1.82, 2.24) is 19.3 Å². The van der Waals surface area contributed by atoms with Crippen LogP contribution >= 0.6 is 0 Å². The van der Waals surface area contributed by atoms with Crippen molar-refractivity contribution in [2.24, 2.45) is 13.0 Å². The second-order valence-electron chi connectivity index (χ2n) is 6.71. The van der Waals surface area contributed by atoms with E-state index in [1.807, 2.05) is 28.8 Å².